The lowest BCUT2D eigenvalue weighted by atomic mass is 10.1. The van der Waals surface area contributed by atoms with E-state index < -0.39 is 0 Å². The Hall–Kier alpha value is -2.63. The molecule has 0 aliphatic carbocycles. The Labute approximate surface area is 96.6 Å². The lowest BCUT2D eigenvalue weighted by Gasteiger charge is -2.02. The SMILES string of the molecule is Nc1oncc1-c1cccc(-n2nccn2)c1. The van der Waals surface area contributed by atoms with Crippen LogP contribution in [0.15, 0.2) is 47.4 Å². The quantitative estimate of drug-likeness (QED) is 0.717. The van der Waals surface area contributed by atoms with Gasteiger partial charge in [-0.15, -0.1) is 0 Å². The second-order valence-electron chi connectivity index (χ2n) is 3.47. The molecule has 0 bridgehead atoms. The third-order valence-corrected chi connectivity index (χ3v) is 2.41. The molecular formula is C11H9N5O. The summed E-state index contributed by atoms with van der Waals surface area (Å²) in [7, 11) is 0. The Kier molecular flexibility index (Phi) is 2.11. The molecule has 0 aliphatic rings. The second kappa shape index (κ2) is 3.75. The van der Waals surface area contributed by atoms with Crippen LogP contribution >= 0.6 is 0 Å². The highest BCUT2D eigenvalue weighted by Crippen LogP contribution is 2.26. The van der Waals surface area contributed by atoms with Crippen molar-refractivity contribution >= 4 is 5.88 Å². The van der Waals surface area contributed by atoms with Crippen molar-refractivity contribution in [2.24, 2.45) is 0 Å². The van der Waals surface area contributed by atoms with E-state index in [4.69, 9.17) is 10.3 Å². The lowest BCUT2D eigenvalue weighted by molar-refractivity contribution is 0.436. The van der Waals surface area contributed by atoms with Crippen molar-refractivity contribution in [3.8, 4) is 16.8 Å². The van der Waals surface area contributed by atoms with E-state index in [0.29, 0.717) is 5.88 Å². The predicted molar refractivity (Wildman–Crippen MR) is 61.3 cm³/mol. The highest BCUT2D eigenvalue weighted by Gasteiger charge is 2.08. The molecule has 3 aromatic rings. The van der Waals surface area contributed by atoms with Gasteiger partial charge in [-0.25, -0.2) is 0 Å². The topological polar surface area (TPSA) is 82.8 Å². The number of nitrogen functional groups attached to an aromatic ring is 1. The van der Waals surface area contributed by atoms with Crippen molar-refractivity contribution in [2.75, 3.05) is 5.73 Å². The zero-order valence-corrected chi connectivity index (χ0v) is 8.82. The number of nitrogens with zero attached hydrogens (tertiary/aromatic N) is 4. The van der Waals surface area contributed by atoms with Gasteiger partial charge in [0, 0.05) is 0 Å². The number of hydrogen-bond acceptors (Lipinski definition) is 5. The van der Waals surface area contributed by atoms with Crippen molar-refractivity contribution in [1.82, 2.24) is 20.2 Å². The molecule has 1 aromatic carbocycles. The van der Waals surface area contributed by atoms with E-state index in [1.165, 1.54) is 4.80 Å². The monoisotopic (exact) mass is 227 g/mol. The van der Waals surface area contributed by atoms with Gasteiger partial charge in [-0.2, -0.15) is 15.0 Å². The second-order valence-corrected chi connectivity index (χ2v) is 3.47. The van der Waals surface area contributed by atoms with Crippen LogP contribution in [-0.4, -0.2) is 20.2 Å². The van der Waals surface area contributed by atoms with Crippen LogP contribution in [0.5, 0.6) is 0 Å². The summed E-state index contributed by atoms with van der Waals surface area (Å²) in [5.74, 6) is 0.301. The van der Waals surface area contributed by atoms with Crippen molar-refractivity contribution in [2.45, 2.75) is 0 Å². The van der Waals surface area contributed by atoms with E-state index in [1.54, 1.807) is 18.6 Å². The molecular weight excluding hydrogens is 218 g/mol. The number of rotatable bonds is 2. The minimum Gasteiger partial charge on any atom is -0.367 e. The van der Waals surface area contributed by atoms with E-state index >= 15 is 0 Å². The van der Waals surface area contributed by atoms with Gasteiger partial charge in [0.2, 0.25) is 5.88 Å². The average Bonchev–Trinajstić information content (AvgIpc) is 2.99. The molecule has 0 spiro atoms. The smallest absolute Gasteiger partial charge is 0.229 e. The maximum absolute atomic E-state index is 5.67. The summed E-state index contributed by atoms with van der Waals surface area (Å²) in [6.07, 6.45) is 4.84. The molecule has 0 unspecified atom stereocenters. The molecule has 0 atom stereocenters. The zero-order valence-electron chi connectivity index (χ0n) is 8.82. The minimum atomic E-state index is 0.301. The van der Waals surface area contributed by atoms with Crippen molar-refractivity contribution in [3.05, 3.63) is 42.9 Å². The zero-order chi connectivity index (χ0) is 11.7. The van der Waals surface area contributed by atoms with Gasteiger partial charge in [-0.3, -0.25) is 0 Å². The Balaban J connectivity index is 2.09. The first-order chi connectivity index (χ1) is 8.34. The Morgan fingerprint density at radius 2 is 2.00 bits per heavy atom. The molecule has 17 heavy (non-hydrogen) atoms. The van der Waals surface area contributed by atoms with Crippen LogP contribution in [0.1, 0.15) is 0 Å². The van der Waals surface area contributed by atoms with E-state index in [2.05, 4.69) is 15.4 Å². The standard InChI is InChI=1S/C11H9N5O/c12-11-10(7-15-17-11)8-2-1-3-9(6-8)16-13-4-5-14-16/h1-7H,12H2. The van der Waals surface area contributed by atoms with Crippen LogP contribution in [0.25, 0.3) is 16.8 Å². The summed E-state index contributed by atoms with van der Waals surface area (Å²) < 4.78 is 4.84. The lowest BCUT2D eigenvalue weighted by Crippen LogP contribution is -1.98. The van der Waals surface area contributed by atoms with Gasteiger partial charge < -0.3 is 10.3 Å². The van der Waals surface area contributed by atoms with E-state index in [0.717, 1.165) is 16.8 Å². The third kappa shape index (κ3) is 1.65. The molecule has 0 saturated carbocycles. The van der Waals surface area contributed by atoms with Crippen LogP contribution in [0.2, 0.25) is 0 Å². The van der Waals surface area contributed by atoms with Crippen molar-refractivity contribution in [3.63, 3.8) is 0 Å². The minimum absolute atomic E-state index is 0.301. The highest BCUT2D eigenvalue weighted by molar-refractivity contribution is 5.73. The molecule has 0 amide bonds. The van der Waals surface area contributed by atoms with Gasteiger partial charge in [0.05, 0.1) is 29.8 Å². The molecule has 0 saturated heterocycles. The first-order valence-electron chi connectivity index (χ1n) is 5.02. The van der Waals surface area contributed by atoms with E-state index in [1.807, 2.05) is 24.3 Å². The van der Waals surface area contributed by atoms with Crippen molar-refractivity contribution in [1.29, 1.82) is 0 Å². The van der Waals surface area contributed by atoms with Crippen LogP contribution in [0.4, 0.5) is 5.88 Å². The van der Waals surface area contributed by atoms with Crippen LogP contribution < -0.4 is 5.73 Å². The molecule has 2 N–H and O–H groups in total. The summed E-state index contributed by atoms with van der Waals surface area (Å²) in [4.78, 5) is 1.53. The maximum atomic E-state index is 5.67. The van der Waals surface area contributed by atoms with Crippen molar-refractivity contribution < 1.29 is 4.52 Å². The molecule has 0 fully saturated rings. The number of nitrogens with two attached hydrogens (primary N) is 1. The molecule has 2 heterocycles. The molecule has 84 valence electrons. The maximum Gasteiger partial charge on any atom is 0.229 e. The Bertz CT molecular complexity index is 629. The molecule has 6 heteroatoms. The third-order valence-electron chi connectivity index (χ3n) is 2.41. The number of anilines is 1. The summed E-state index contributed by atoms with van der Waals surface area (Å²) in [5, 5.41) is 11.8. The number of aromatic nitrogens is 4. The Morgan fingerprint density at radius 3 is 2.71 bits per heavy atom. The largest absolute Gasteiger partial charge is 0.367 e. The summed E-state index contributed by atoms with van der Waals surface area (Å²) in [5.41, 5.74) is 8.21. The number of hydrogen-bond donors (Lipinski definition) is 1. The fourth-order valence-electron chi connectivity index (χ4n) is 1.61. The van der Waals surface area contributed by atoms with Crippen LogP contribution in [0, 0.1) is 0 Å². The van der Waals surface area contributed by atoms with Crippen LogP contribution in [0.3, 0.4) is 0 Å². The highest BCUT2D eigenvalue weighted by atomic mass is 16.5. The molecule has 3 rings (SSSR count). The van der Waals surface area contributed by atoms with E-state index in [9.17, 15) is 0 Å². The average molecular weight is 227 g/mol. The van der Waals surface area contributed by atoms with Gasteiger partial charge in [0.25, 0.3) is 0 Å². The van der Waals surface area contributed by atoms with E-state index in [-0.39, 0.29) is 0 Å². The summed E-state index contributed by atoms with van der Waals surface area (Å²) in [6, 6.07) is 7.66. The molecule has 6 nitrogen and oxygen atoms in total. The molecule has 2 aromatic heterocycles. The molecule has 0 aliphatic heterocycles. The van der Waals surface area contributed by atoms with Crippen LogP contribution in [-0.2, 0) is 0 Å². The fourth-order valence-corrected chi connectivity index (χ4v) is 1.61. The predicted octanol–water partition coefficient (Wildman–Crippen LogP) is 1.50. The van der Waals surface area contributed by atoms with Gasteiger partial charge in [0.15, 0.2) is 0 Å². The van der Waals surface area contributed by atoms with Gasteiger partial charge in [-0.1, -0.05) is 17.3 Å². The summed E-state index contributed by atoms with van der Waals surface area (Å²) >= 11 is 0. The first kappa shape index (κ1) is 9.59. The molecule has 0 radical (unpaired) electrons. The van der Waals surface area contributed by atoms with Gasteiger partial charge >= 0.3 is 0 Å². The summed E-state index contributed by atoms with van der Waals surface area (Å²) in [6.45, 7) is 0. The first-order valence-corrected chi connectivity index (χ1v) is 5.02. The Morgan fingerprint density at radius 1 is 1.18 bits per heavy atom. The van der Waals surface area contributed by atoms with Gasteiger partial charge in [0.1, 0.15) is 0 Å². The van der Waals surface area contributed by atoms with Gasteiger partial charge in [-0.05, 0) is 17.7 Å². The number of benzene rings is 1. The fraction of sp³-hybridized carbons (Fsp3) is 0. The normalized spacial score (nSPS) is 10.6.